The summed E-state index contributed by atoms with van der Waals surface area (Å²) in [6.07, 6.45) is 2.32. The van der Waals surface area contributed by atoms with Crippen LogP contribution < -0.4 is 0 Å². The Morgan fingerprint density at radius 3 is 2.56 bits per heavy atom. The summed E-state index contributed by atoms with van der Waals surface area (Å²) < 4.78 is 2.84. The first kappa shape index (κ1) is 14.4. The fourth-order valence-corrected chi connectivity index (χ4v) is 6.89. The molecule has 0 radical (unpaired) electrons. The lowest BCUT2D eigenvalue weighted by molar-refractivity contribution is 0.957. The average molecular weight is 359 g/mol. The molecule has 0 spiro atoms. The fourth-order valence-electron chi connectivity index (χ4n) is 4.49. The molecule has 0 nitrogen and oxygen atoms in total. The number of fused-ring (bicyclic) bond motifs is 7. The minimum atomic E-state index is 0.727. The monoisotopic (exact) mass is 358 g/mol. The molecule has 0 N–H and O–H groups in total. The van der Waals surface area contributed by atoms with Gasteiger partial charge >= 0.3 is 0 Å². The Labute approximate surface area is 155 Å². The van der Waals surface area contributed by atoms with Crippen molar-refractivity contribution in [2.75, 3.05) is 0 Å². The third kappa shape index (κ3) is 2.01. The maximum atomic E-state index is 2.48. The molecule has 1 aromatic heterocycles. The van der Waals surface area contributed by atoms with Crippen molar-refractivity contribution >= 4 is 43.3 Å². The van der Waals surface area contributed by atoms with Crippen LogP contribution in [-0.4, -0.2) is 5.25 Å². The third-order valence-corrected chi connectivity index (χ3v) is 7.96. The van der Waals surface area contributed by atoms with E-state index in [0.29, 0.717) is 0 Å². The molecule has 2 aliphatic rings. The number of aryl methyl sites for hydroxylation is 1. The number of benzene rings is 3. The summed E-state index contributed by atoms with van der Waals surface area (Å²) in [7, 11) is 0. The third-order valence-electron chi connectivity index (χ3n) is 5.65. The van der Waals surface area contributed by atoms with Crippen molar-refractivity contribution in [1.82, 2.24) is 0 Å². The van der Waals surface area contributed by atoms with Gasteiger partial charge in [0, 0.05) is 30.3 Å². The maximum Gasteiger partial charge on any atom is 0.0361 e. The van der Waals surface area contributed by atoms with E-state index in [2.05, 4.69) is 56.3 Å². The van der Waals surface area contributed by atoms with Crippen molar-refractivity contribution in [3.05, 3.63) is 64.7 Å². The summed E-state index contributed by atoms with van der Waals surface area (Å²) in [5.41, 5.74) is 8.89. The van der Waals surface area contributed by atoms with Crippen LogP contribution >= 0.6 is 23.1 Å². The molecule has 6 rings (SSSR count). The lowest BCUT2D eigenvalue weighted by atomic mass is 10.0. The van der Waals surface area contributed by atoms with Crippen molar-refractivity contribution in [3.8, 4) is 11.1 Å². The highest BCUT2D eigenvalue weighted by Gasteiger charge is 2.26. The highest BCUT2D eigenvalue weighted by Crippen LogP contribution is 2.47. The predicted molar refractivity (Wildman–Crippen MR) is 111 cm³/mol. The van der Waals surface area contributed by atoms with E-state index in [-0.39, 0.29) is 0 Å². The fraction of sp³-hybridized carbons (Fsp3) is 0.217. The van der Waals surface area contributed by atoms with E-state index in [9.17, 15) is 0 Å². The van der Waals surface area contributed by atoms with Crippen LogP contribution in [0.1, 0.15) is 29.2 Å². The number of rotatable bonds is 0. The van der Waals surface area contributed by atoms with E-state index >= 15 is 0 Å². The van der Waals surface area contributed by atoms with E-state index in [1.54, 1.807) is 5.56 Å². The molecule has 2 heteroatoms. The average Bonchev–Trinajstić information content (AvgIpc) is 3.21. The number of thiophene rings is 1. The van der Waals surface area contributed by atoms with Gasteiger partial charge in [0.15, 0.2) is 0 Å². The Hall–Kier alpha value is -1.77. The van der Waals surface area contributed by atoms with Crippen LogP contribution in [0.25, 0.3) is 31.3 Å². The lowest BCUT2D eigenvalue weighted by Crippen LogP contribution is -1.92. The molecular weight excluding hydrogens is 340 g/mol. The molecule has 0 bridgehead atoms. The maximum absolute atomic E-state index is 2.48. The van der Waals surface area contributed by atoms with Gasteiger partial charge < -0.3 is 0 Å². The second-order valence-electron chi connectivity index (χ2n) is 7.53. The van der Waals surface area contributed by atoms with Crippen LogP contribution in [0, 0.1) is 6.92 Å². The van der Waals surface area contributed by atoms with Crippen molar-refractivity contribution in [2.24, 2.45) is 0 Å². The second-order valence-corrected chi connectivity index (χ2v) is 10.1. The second kappa shape index (κ2) is 4.90. The SMILES string of the molecule is Cc1ccc2c(c1)sc1cc3c(cc12)Cc1cc2c(cc1-3)SC(C)C2. The van der Waals surface area contributed by atoms with Gasteiger partial charge in [-0.15, -0.1) is 23.1 Å². The molecule has 2 heterocycles. The van der Waals surface area contributed by atoms with Crippen LogP contribution in [0.2, 0.25) is 0 Å². The summed E-state index contributed by atoms with van der Waals surface area (Å²) in [6.45, 7) is 4.52. The van der Waals surface area contributed by atoms with Crippen molar-refractivity contribution in [2.45, 2.75) is 36.8 Å². The predicted octanol–water partition coefficient (Wildman–Crippen LogP) is 6.97. The Balaban J connectivity index is 1.60. The van der Waals surface area contributed by atoms with Crippen LogP contribution in [0.15, 0.2) is 47.4 Å². The van der Waals surface area contributed by atoms with Gasteiger partial charge in [-0.25, -0.2) is 0 Å². The summed E-state index contributed by atoms with van der Waals surface area (Å²) in [4.78, 5) is 1.51. The molecule has 0 amide bonds. The topological polar surface area (TPSA) is 0 Å². The zero-order valence-electron chi connectivity index (χ0n) is 14.3. The Bertz CT molecular complexity index is 1200. The first-order chi connectivity index (χ1) is 12.2. The van der Waals surface area contributed by atoms with Gasteiger partial charge in [-0.05, 0) is 77.4 Å². The Kier molecular flexibility index (Phi) is 2.82. The van der Waals surface area contributed by atoms with Crippen LogP contribution in [-0.2, 0) is 12.8 Å². The number of thioether (sulfide) groups is 1. The molecule has 0 fully saturated rings. The highest BCUT2D eigenvalue weighted by molar-refractivity contribution is 8.00. The van der Waals surface area contributed by atoms with Gasteiger partial charge in [0.05, 0.1) is 0 Å². The zero-order valence-corrected chi connectivity index (χ0v) is 16.0. The molecule has 0 saturated carbocycles. The van der Waals surface area contributed by atoms with Crippen LogP contribution in [0.3, 0.4) is 0 Å². The molecule has 1 unspecified atom stereocenters. The molecule has 1 aliphatic heterocycles. The highest BCUT2D eigenvalue weighted by atomic mass is 32.2. The van der Waals surface area contributed by atoms with E-state index in [0.717, 1.165) is 11.7 Å². The molecule has 0 saturated heterocycles. The first-order valence-corrected chi connectivity index (χ1v) is 10.6. The van der Waals surface area contributed by atoms with Crippen LogP contribution in [0.5, 0.6) is 0 Å². The summed E-state index contributed by atoms with van der Waals surface area (Å²) >= 11 is 3.98. The minimum Gasteiger partial charge on any atom is -0.135 e. The molecule has 122 valence electrons. The standard InChI is InChI=1S/C23H18S2/c1-12-3-4-17-20-9-15-7-14-8-16-6-13(2)24-21(16)10-18(14)19(15)11-23(20)25-22(17)5-12/h3-5,8-11,13H,6-7H2,1-2H3. The first-order valence-electron chi connectivity index (χ1n) is 8.94. The Morgan fingerprint density at radius 2 is 1.64 bits per heavy atom. The molecule has 25 heavy (non-hydrogen) atoms. The van der Waals surface area contributed by atoms with E-state index < -0.39 is 0 Å². The van der Waals surface area contributed by atoms with E-state index in [1.165, 1.54) is 59.3 Å². The van der Waals surface area contributed by atoms with Gasteiger partial charge in [-0.2, -0.15) is 0 Å². The van der Waals surface area contributed by atoms with Gasteiger partial charge in [-0.3, -0.25) is 0 Å². The molecule has 3 aromatic carbocycles. The van der Waals surface area contributed by atoms with Crippen molar-refractivity contribution < 1.29 is 0 Å². The normalized spacial score (nSPS) is 17.9. The van der Waals surface area contributed by atoms with Crippen molar-refractivity contribution in [1.29, 1.82) is 0 Å². The summed E-state index contributed by atoms with van der Waals surface area (Å²) in [5.74, 6) is 0. The number of hydrogen-bond acceptors (Lipinski definition) is 2. The van der Waals surface area contributed by atoms with E-state index in [1.807, 2.05) is 23.1 Å². The lowest BCUT2D eigenvalue weighted by Gasteiger charge is -2.05. The summed E-state index contributed by atoms with van der Waals surface area (Å²) in [5, 5.41) is 3.57. The van der Waals surface area contributed by atoms with Gasteiger partial charge in [-0.1, -0.05) is 25.1 Å². The zero-order chi connectivity index (χ0) is 16.7. The van der Waals surface area contributed by atoms with Crippen molar-refractivity contribution in [3.63, 3.8) is 0 Å². The molecule has 1 atom stereocenters. The van der Waals surface area contributed by atoms with Crippen LogP contribution in [0.4, 0.5) is 0 Å². The van der Waals surface area contributed by atoms with Gasteiger partial charge in [0.1, 0.15) is 0 Å². The Morgan fingerprint density at radius 1 is 0.840 bits per heavy atom. The summed E-state index contributed by atoms with van der Waals surface area (Å²) in [6, 6.07) is 16.7. The minimum absolute atomic E-state index is 0.727. The van der Waals surface area contributed by atoms with Gasteiger partial charge in [0.2, 0.25) is 0 Å². The van der Waals surface area contributed by atoms with Gasteiger partial charge in [0.25, 0.3) is 0 Å². The molecule has 1 aliphatic carbocycles. The number of hydrogen-bond donors (Lipinski definition) is 0. The quantitative estimate of drug-likeness (QED) is 0.288. The molecular formula is C23H18S2. The smallest absolute Gasteiger partial charge is 0.0361 e. The largest absolute Gasteiger partial charge is 0.135 e. The van der Waals surface area contributed by atoms with E-state index in [4.69, 9.17) is 0 Å². The molecule has 4 aromatic rings.